The highest BCUT2D eigenvalue weighted by atomic mass is 35.5. The molecule has 0 aliphatic carbocycles. The molecule has 0 bridgehead atoms. The summed E-state index contributed by atoms with van der Waals surface area (Å²) in [5.41, 5.74) is 0. The van der Waals surface area contributed by atoms with E-state index in [9.17, 15) is 0 Å². The number of halogens is 1. The van der Waals surface area contributed by atoms with Gasteiger partial charge in [0.1, 0.15) is 5.82 Å². The van der Waals surface area contributed by atoms with Gasteiger partial charge in [-0.3, -0.25) is 0 Å². The lowest BCUT2D eigenvalue weighted by atomic mass is 10.1. The van der Waals surface area contributed by atoms with Crippen molar-refractivity contribution in [2.24, 2.45) is 0 Å². The number of piperidine rings is 1. The fourth-order valence-corrected chi connectivity index (χ4v) is 1.92. The molecule has 0 unspecified atom stereocenters. The van der Waals surface area contributed by atoms with Crippen molar-refractivity contribution in [3.05, 3.63) is 17.5 Å². The summed E-state index contributed by atoms with van der Waals surface area (Å²) in [5.74, 6) is 0.824. The fourth-order valence-electron chi connectivity index (χ4n) is 1.78. The van der Waals surface area contributed by atoms with Gasteiger partial charge in [0, 0.05) is 12.2 Å². The molecule has 1 fully saturated rings. The molecule has 0 aromatic carbocycles. The predicted octanol–water partition coefficient (Wildman–Crippen LogP) is 1.64. The van der Waals surface area contributed by atoms with Crippen molar-refractivity contribution in [1.29, 1.82) is 0 Å². The monoisotopic (exact) mass is 226 g/mol. The number of nitrogens with one attached hydrogen (secondary N) is 1. The maximum Gasteiger partial charge on any atom is 0.224 e. The summed E-state index contributed by atoms with van der Waals surface area (Å²) < 4.78 is 0. The van der Waals surface area contributed by atoms with Crippen LogP contribution in [-0.4, -0.2) is 41.0 Å². The van der Waals surface area contributed by atoms with Crippen molar-refractivity contribution in [1.82, 2.24) is 14.9 Å². The van der Waals surface area contributed by atoms with Gasteiger partial charge >= 0.3 is 0 Å². The fraction of sp³-hybridized carbons (Fsp3) is 0.600. The molecule has 15 heavy (non-hydrogen) atoms. The smallest absolute Gasteiger partial charge is 0.224 e. The van der Waals surface area contributed by atoms with E-state index in [1.165, 1.54) is 0 Å². The molecule has 1 saturated heterocycles. The molecule has 2 rings (SSSR count). The van der Waals surface area contributed by atoms with Gasteiger partial charge in [-0.15, -0.1) is 0 Å². The summed E-state index contributed by atoms with van der Waals surface area (Å²) in [6.45, 7) is 2.27. The maximum atomic E-state index is 5.72. The van der Waals surface area contributed by atoms with Gasteiger partial charge in [-0.25, -0.2) is 9.97 Å². The standard InChI is InChI=1S/C10H15ClN4/c1-15-6-3-8(4-7-15)13-9-2-5-12-10(11)14-9/h2,5,8H,3-4,6-7H2,1H3,(H,12,13,14). The summed E-state index contributed by atoms with van der Waals surface area (Å²) in [6.07, 6.45) is 3.98. The zero-order valence-electron chi connectivity index (χ0n) is 8.78. The Morgan fingerprint density at radius 3 is 2.87 bits per heavy atom. The SMILES string of the molecule is CN1CCC(Nc2ccnc(Cl)n2)CC1. The van der Waals surface area contributed by atoms with Crippen molar-refractivity contribution in [2.45, 2.75) is 18.9 Å². The molecule has 0 spiro atoms. The van der Waals surface area contributed by atoms with Crippen LogP contribution >= 0.6 is 11.6 Å². The average molecular weight is 227 g/mol. The van der Waals surface area contributed by atoms with Gasteiger partial charge in [0.2, 0.25) is 5.28 Å². The molecule has 5 heteroatoms. The first-order valence-electron chi connectivity index (χ1n) is 5.17. The van der Waals surface area contributed by atoms with Gasteiger partial charge in [-0.1, -0.05) is 0 Å². The third kappa shape index (κ3) is 3.04. The van der Waals surface area contributed by atoms with Crippen LogP contribution in [0.25, 0.3) is 0 Å². The van der Waals surface area contributed by atoms with Crippen LogP contribution in [0, 0.1) is 0 Å². The lowest BCUT2D eigenvalue weighted by Crippen LogP contribution is -2.36. The van der Waals surface area contributed by atoms with Gasteiger partial charge in [0.15, 0.2) is 0 Å². The first kappa shape index (κ1) is 10.6. The van der Waals surface area contributed by atoms with Crippen molar-refractivity contribution in [3.63, 3.8) is 0 Å². The van der Waals surface area contributed by atoms with Gasteiger partial charge < -0.3 is 10.2 Å². The van der Waals surface area contributed by atoms with E-state index in [0.29, 0.717) is 11.3 Å². The summed E-state index contributed by atoms with van der Waals surface area (Å²) in [4.78, 5) is 10.3. The van der Waals surface area contributed by atoms with Crippen LogP contribution in [0.15, 0.2) is 12.3 Å². The Bertz CT molecular complexity index is 323. The topological polar surface area (TPSA) is 41.0 Å². The van der Waals surface area contributed by atoms with E-state index in [1.54, 1.807) is 6.20 Å². The second-order valence-corrected chi connectivity index (χ2v) is 4.27. The van der Waals surface area contributed by atoms with E-state index in [2.05, 4.69) is 27.2 Å². The number of hydrogen-bond donors (Lipinski definition) is 1. The number of hydrogen-bond acceptors (Lipinski definition) is 4. The third-order valence-corrected chi connectivity index (χ3v) is 2.88. The third-order valence-electron chi connectivity index (χ3n) is 2.70. The molecule has 0 atom stereocenters. The molecule has 1 aliphatic rings. The van der Waals surface area contributed by atoms with Gasteiger partial charge in [0.05, 0.1) is 0 Å². The van der Waals surface area contributed by atoms with E-state index < -0.39 is 0 Å². The molecule has 4 nitrogen and oxygen atoms in total. The second kappa shape index (κ2) is 4.77. The Morgan fingerprint density at radius 1 is 1.47 bits per heavy atom. The minimum Gasteiger partial charge on any atom is -0.367 e. The molecular formula is C10H15ClN4. The molecule has 0 amide bonds. The summed E-state index contributed by atoms with van der Waals surface area (Å²) in [6, 6.07) is 2.36. The van der Waals surface area contributed by atoms with Crippen LogP contribution in [0.2, 0.25) is 5.28 Å². The summed E-state index contributed by atoms with van der Waals surface area (Å²) in [5, 5.41) is 3.68. The Kier molecular flexibility index (Phi) is 3.38. The van der Waals surface area contributed by atoms with Crippen LogP contribution in [0.4, 0.5) is 5.82 Å². The highest BCUT2D eigenvalue weighted by molar-refractivity contribution is 6.28. The van der Waals surface area contributed by atoms with E-state index in [1.807, 2.05) is 6.07 Å². The van der Waals surface area contributed by atoms with Gasteiger partial charge in [-0.05, 0) is 50.6 Å². The molecule has 0 radical (unpaired) electrons. The Hall–Kier alpha value is -0.870. The van der Waals surface area contributed by atoms with E-state index >= 15 is 0 Å². The van der Waals surface area contributed by atoms with Crippen LogP contribution in [0.5, 0.6) is 0 Å². The van der Waals surface area contributed by atoms with E-state index in [4.69, 9.17) is 11.6 Å². The quantitative estimate of drug-likeness (QED) is 0.779. The van der Waals surface area contributed by atoms with Gasteiger partial charge in [-0.2, -0.15) is 0 Å². The first-order valence-corrected chi connectivity index (χ1v) is 5.55. The lowest BCUT2D eigenvalue weighted by molar-refractivity contribution is 0.263. The summed E-state index contributed by atoms with van der Waals surface area (Å²) in [7, 11) is 2.15. The minimum atomic E-state index is 0.299. The number of aromatic nitrogens is 2. The second-order valence-electron chi connectivity index (χ2n) is 3.93. The van der Waals surface area contributed by atoms with Crippen molar-refractivity contribution >= 4 is 17.4 Å². The zero-order valence-corrected chi connectivity index (χ0v) is 9.54. The van der Waals surface area contributed by atoms with Crippen LogP contribution in [0.3, 0.4) is 0 Å². The van der Waals surface area contributed by atoms with Crippen molar-refractivity contribution in [2.75, 3.05) is 25.5 Å². The van der Waals surface area contributed by atoms with Crippen LogP contribution in [0.1, 0.15) is 12.8 Å². The van der Waals surface area contributed by atoms with E-state index in [0.717, 1.165) is 31.7 Å². The highest BCUT2D eigenvalue weighted by Gasteiger charge is 2.16. The molecule has 1 aliphatic heterocycles. The zero-order chi connectivity index (χ0) is 10.7. The lowest BCUT2D eigenvalue weighted by Gasteiger charge is -2.29. The number of nitrogens with zero attached hydrogens (tertiary/aromatic N) is 3. The molecule has 2 heterocycles. The van der Waals surface area contributed by atoms with Crippen LogP contribution in [-0.2, 0) is 0 Å². The number of rotatable bonds is 2. The first-order chi connectivity index (χ1) is 7.24. The molecular weight excluding hydrogens is 212 g/mol. The van der Waals surface area contributed by atoms with E-state index in [-0.39, 0.29) is 0 Å². The molecule has 1 aromatic rings. The Labute approximate surface area is 94.7 Å². The highest BCUT2D eigenvalue weighted by Crippen LogP contribution is 2.14. The Morgan fingerprint density at radius 2 is 2.20 bits per heavy atom. The number of anilines is 1. The average Bonchev–Trinajstić information content (AvgIpc) is 2.22. The molecule has 0 saturated carbocycles. The molecule has 1 aromatic heterocycles. The van der Waals surface area contributed by atoms with Crippen molar-refractivity contribution < 1.29 is 0 Å². The van der Waals surface area contributed by atoms with Crippen LogP contribution < -0.4 is 5.32 Å². The predicted molar refractivity (Wildman–Crippen MR) is 61.2 cm³/mol. The summed E-state index contributed by atoms with van der Waals surface area (Å²) >= 11 is 5.72. The number of likely N-dealkylation sites (tertiary alicyclic amines) is 1. The normalized spacial score (nSPS) is 19.1. The minimum absolute atomic E-state index is 0.299. The van der Waals surface area contributed by atoms with Crippen molar-refractivity contribution in [3.8, 4) is 0 Å². The Balaban J connectivity index is 1.92. The largest absolute Gasteiger partial charge is 0.367 e. The maximum absolute atomic E-state index is 5.72. The molecule has 82 valence electrons. The van der Waals surface area contributed by atoms with Gasteiger partial charge in [0.25, 0.3) is 0 Å². The molecule has 1 N–H and O–H groups in total.